The van der Waals surface area contributed by atoms with E-state index in [-0.39, 0.29) is 31.1 Å². The van der Waals surface area contributed by atoms with Crippen LogP contribution in [0.1, 0.15) is 35.8 Å². The van der Waals surface area contributed by atoms with Gasteiger partial charge in [0, 0.05) is 25.0 Å². The van der Waals surface area contributed by atoms with Crippen LogP contribution in [0.25, 0.3) is 11.3 Å². The second-order valence-corrected chi connectivity index (χ2v) is 6.90. The van der Waals surface area contributed by atoms with Crippen LogP contribution in [-0.4, -0.2) is 20.9 Å². The number of hydrogen-bond donors (Lipinski definition) is 1. The molecule has 1 saturated carbocycles. The van der Waals surface area contributed by atoms with E-state index in [0.29, 0.717) is 11.6 Å². The van der Waals surface area contributed by atoms with Crippen molar-refractivity contribution in [3.8, 4) is 17.0 Å². The van der Waals surface area contributed by atoms with E-state index in [1.165, 1.54) is 6.07 Å². The van der Waals surface area contributed by atoms with E-state index in [0.717, 1.165) is 16.8 Å². The molecule has 0 saturated heterocycles. The highest BCUT2D eigenvalue weighted by atomic mass is 19.3. The Kier molecular flexibility index (Phi) is 4.37. The van der Waals surface area contributed by atoms with Gasteiger partial charge in [-0.1, -0.05) is 0 Å². The molecule has 2 heterocycles. The number of benzene rings is 1. The van der Waals surface area contributed by atoms with Crippen LogP contribution in [0.5, 0.6) is 5.75 Å². The largest absolute Gasteiger partial charge is 0.487 e. The van der Waals surface area contributed by atoms with Crippen molar-refractivity contribution in [2.75, 3.05) is 0 Å². The van der Waals surface area contributed by atoms with Gasteiger partial charge < -0.3 is 9.72 Å². The molecule has 0 atom stereocenters. The first-order valence-corrected chi connectivity index (χ1v) is 8.67. The van der Waals surface area contributed by atoms with E-state index >= 15 is 0 Å². The van der Waals surface area contributed by atoms with Crippen LogP contribution in [0.15, 0.2) is 42.7 Å². The summed E-state index contributed by atoms with van der Waals surface area (Å²) < 4.78 is 45.4. The van der Waals surface area contributed by atoms with Gasteiger partial charge in [-0.2, -0.15) is 0 Å². The van der Waals surface area contributed by atoms with Gasteiger partial charge in [-0.25, -0.2) is 18.2 Å². The Morgan fingerprint density at radius 3 is 2.56 bits per heavy atom. The van der Waals surface area contributed by atoms with E-state index in [1.54, 1.807) is 31.5 Å². The standard InChI is InChI=1S/C20H18F3N3O/c1-12-6-16(21)18(24-9-12)11-27-15-4-2-13(3-5-15)17-10-25-19(26-17)14-7-20(22,23)8-14/h2-6,9-10,14H,7-8,11H2,1H3,(H,25,26). The van der Waals surface area contributed by atoms with Crippen molar-refractivity contribution in [3.63, 3.8) is 0 Å². The van der Waals surface area contributed by atoms with E-state index in [1.807, 2.05) is 12.1 Å². The number of aromatic nitrogens is 3. The Hall–Kier alpha value is -2.83. The maximum absolute atomic E-state index is 13.8. The average Bonchev–Trinajstić information content (AvgIpc) is 3.09. The van der Waals surface area contributed by atoms with Gasteiger partial charge in [-0.05, 0) is 48.4 Å². The fourth-order valence-electron chi connectivity index (χ4n) is 3.10. The number of nitrogens with zero attached hydrogens (tertiary/aromatic N) is 2. The molecule has 1 aliphatic rings. The lowest BCUT2D eigenvalue weighted by Gasteiger charge is -2.33. The molecule has 3 aromatic rings. The van der Waals surface area contributed by atoms with Crippen LogP contribution < -0.4 is 4.74 Å². The number of H-pyrrole nitrogens is 1. The Morgan fingerprint density at radius 1 is 1.15 bits per heavy atom. The molecule has 4 nitrogen and oxygen atoms in total. The Morgan fingerprint density at radius 2 is 1.89 bits per heavy atom. The number of ether oxygens (including phenoxy) is 1. The number of pyridine rings is 1. The molecule has 1 N–H and O–H groups in total. The molecule has 7 heteroatoms. The fourth-order valence-corrected chi connectivity index (χ4v) is 3.10. The first-order valence-electron chi connectivity index (χ1n) is 8.67. The number of imidazole rings is 1. The van der Waals surface area contributed by atoms with Gasteiger partial charge in [0.15, 0.2) is 0 Å². The zero-order valence-corrected chi connectivity index (χ0v) is 14.7. The lowest BCUT2D eigenvalue weighted by molar-refractivity contribution is -0.0883. The number of halogens is 3. The van der Waals surface area contributed by atoms with Gasteiger partial charge in [0.25, 0.3) is 0 Å². The summed E-state index contributed by atoms with van der Waals surface area (Å²) in [5.74, 6) is -2.00. The van der Waals surface area contributed by atoms with Crippen LogP contribution in [-0.2, 0) is 6.61 Å². The topological polar surface area (TPSA) is 50.8 Å². The van der Waals surface area contributed by atoms with Crippen molar-refractivity contribution in [3.05, 3.63) is 65.6 Å². The van der Waals surface area contributed by atoms with Gasteiger partial charge in [-0.15, -0.1) is 0 Å². The second kappa shape index (κ2) is 6.72. The Balaban J connectivity index is 1.40. The van der Waals surface area contributed by atoms with E-state index in [4.69, 9.17) is 4.74 Å². The predicted octanol–water partition coefficient (Wildman–Crippen LogP) is 5.01. The number of hydrogen-bond acceptors (Lipinski definition) is 3. The lowest BCUT2D eigenvalue weighted by Crippen LogP contribution is -2.34. The molecule has 140 valence electrons. The summed E-state index contributed by atoms with van der Waals surface area (Å²) in [4.78, 5) is 11.4. The van der Waals surface area contributed by atoms with Crippen LogP contribution >= 0.6 is 0 Å². The summed E-state index contributed by atoms with van der Waals surface area (Å²) in [7, 11) is 0. The number of aromatic amines is 1. The summed E-state index contributed by atoms with van der Waals surface area (Å²) in [6.45, 7) is 1.81. The third kappa shape index (κ3) is 3.82. The zero-order chi connectivity index (χ0) is 19.0. The Bertz CT molecular complexity index is 945. The number of nitrogens with one attached hydrogen (secondary N) is 1. The highest BCUT2D eigenvalue weighted by Gasteiger charge is 2.47. The van der Waals surface area contributed by atoms with Crippen molar-refractivity contribution < 1.29 is 17.9 Å². The first-order chi connectivity index (χ1) is 12.9. The maximum Gasteiger partial charge on any atom is 0.249 e. The molecule has 0 bridgehead atoms. The van der Waals surface area contributed by atoms with Gasteiger partial charge >= 0.3 is 0 Å². The summed E-state index contributed by atoms with van der Waals surface area (Å²) in [5.41, 5.74) is 2.63. The smallest absolute Gasteiger partial charge is 0.249 e. The molecule has 0 aliphatic heterocycles. The molecule has 4 rings (SSSR count). The van der Waals surface area contributed by atoms with Crippen molar-refractivity contribution in [2.24, 2.45) is 0 Å². The summed E-state index contributed by atoms with van der Waals surface area (Å²) in [6.07, 6.45) is 2.93. The van der Waals surface area contributed by atoms with E-state index in [2.05, 4.69) is 15.0 Å². The second-order valence-electron chi connectivity index (χ2n) is 6.90. The summed E-state index contributed by atoms with van der Waals surface area (Å²) >= 11 is 0. The number of aryl methyl sites for hydroxylation is 1. The van der Waals surface area contributed by atoms with Crippen LogP contribution in [0.2, 0.25) is 0 Å². The summed E-state index contributed by atoms with van der Waals surface area (Å²) in [6, 6.07) is 8.61. The molecule has 0 spiro atoms. The van der Waals surface area contributed by atoms with Crippen molar-refractivity contribution in [1.82, 2.24) is 15.0 Å². The molecule has 0 unspecified atom stereocenters. The molecule has 1 fully saturated rings. The molecule has 1 aliphatic carbocycles. The minimum atomic E-state index is -2.57. The van der Waals surface area contributed by atoms with Gasteiger partial charge in [0.1, 0.15) is 29.7 Å². The highest BCUT2D eigenvalue weighted by Crippen LogP contribution is 2.47. The molecule has 2 aromatic heterocycles. The molecular weight excluding hydrogens is 355 g/mol. The average molecular weight is 373 g/mol. The molecule has 1 aromatic carbocycles. The van der Waals surface area contributed by atoms with Gasteiger partial charge in [0.05, 0.1) is 11.9 Å². The number of rotatable bonds is 5. The Labute approximate surface area is 154 Å². The van der Waals surface area contributed by atoms with Crippen molar-refractivity contribution >= 4 is 0 Å². The fraction of sp³-hybridized carbons (Fsp3) is 0.300. The summed E-state index contributed by atoms with van der Waals surface area (Å²) in [5, 5.41) is 0. The van der Waals surface area contributed by atoms with Crippen LogP contribution in [0.3, 0.4) is 0 Å². The van der Waals surface area contributed by atoms with Crippen LogP contribution in [0, 0.1) is 12.7 Å². The van der Waals surface area contributed by atoms with E-state index in [9.17, 15) is 13.2 Å². The van der Waals surface area contributed by atoms with Gasteiger partial charge in [0.2, 0.25) is 5.92 Å². The van der Waals surface area contributed by atoms with Crippen molar-refractivity contribution in [2.45, 2.75) is 38.2 Å². The first kappa shape index (κ1) is 17.6. The SMILES string of the molecule is Cc1cnc(COc2ccc(-c3cnc(C4CC(F)(F)C4)[nH]3)cc2)c(F)c1. The minimum absolute atomic E-state index is 0.0373. The predicted molar refractivity (Wildman–Crippen MR) is 94.2 cm³/mol. The molecule has 27 heavy (non-hydrogen) atoms. The third-order valence-electron chi connectivity index (χ3n) is 4.67. The van der Waals surface area contributed by atoms with E-state index < -0.39 is 11.7 Å². The highest BCUT2D eigenvalue weighted by molar-refractivity contribution is 5.59. The molecular formula is C20H18F3N3O. The molecule has 0 radical (unpaired) electrons. The van der Waals surface area contributed by atoms with Crippen LogP contribution in [0.4, 0.5) is 13.2 Å². The maximum atomic E-state index is 13.8. The monoisotopic (exact) mass is 373 g/mol. The normalized spacial score (nSPS) is 16.1. The van der Waals surface area contributed by atoms with Gasteiger partial charge in [-0.3, -0.25) is 4.98 Å². The lowest BCUT2D eigenvalue weighted by atomic mass is 9.81. The third-order valence-corrected chi connectivity index (χ3v) is 4.67. The zero-order valence-electron chi connectivity index (χ0n) is 14.7. The quantitative estimate of drug-likeness (QED) is 0.684. The van der Waals surface area contributed by atoms with Crippen molar-refractivity contribution in [1.29, 1.82) is 0 Å². The minimum Gasteiger partial charge on any atom is -0.487 e. The number of alkyl halides is 2. The molecule has 0 amide bonds.